The molecule has 0 unspecified atom stereocenters. The summed E-state index contributed by atoms with van der Waals surface area (Å²) in [5.74, 6) is 1.17. The number of carbonyl (C=O) groups excluding carboxylic acids is 4. The Bertz CT molecular complexity index is 2960. The van der Waals surface area contributed by atoms with Crippen LogP contribution >= 0.6 is 0 Å². The number of piperidine rings is 2. The first-order chi connectivity index (χ1) is 31.1. The van der Waals surface area contributed by atoms with Gasteiger partial charge in [-0.1, -0.05) is 27.0 Å². The first-order valence-corrected chi connectivity index (χ1v) is 21.4. The summed E-state index contributed by atoms with van der Waals surface area (Å²) in [7, 11) is 0. The summed E-state index contributed by atoms with van der Waals surface area (Å²) in [4.78, 5) is 69.2. The third-order valence-electron chi connectivity index (χ3n) is 13.0. The maximum Gasteiger partial charge on any atom is 0.318 e. The highest BCUT2D eigenvalue weighted by atomic mass is 16.6. The molecule has 64 heavy (non-hydrogen) atoms. The molecule has 11 rings (SSSR count). The zero-order valence-corrected chi connectivity index (χ0v) is 35.1. The van der Waals surface area contributed by atoms with E-state index in [1.807, 2.05) is 76.2 Å². The summed E-state index contributed by atoms with van der Waals surface area (Å²) >= 11 is 0. The molecule has 4 N–H and O–H groups in total. The summed E-state index contributed by atoms with van der Waals surface area (Å²) in [5.41, 5.74) is 4.49. The van der Waals surface area contributed by atoms with E-state index in [1.54, 1.807) is 40.4 Å². The average Bonchev–Trinajstić information content (AvgIpc) is 4.13. The van der Waals surface area contributed by atoms with Gasteiger partial charge in [0.1, 0.15) is 36.5 Å². The number of aromatic nitrogens is 8. The summed E-state index contributed by atoms with van der Waals surface area (Å²) in [5, 5.41) is 19.8. The molecule has 0 aliphatic carbocycles. The van der Waals surface area contributed by atoms with Crippen LogP contribution in [0.5, 0.6) is 0 Å². The third kappa shape index (κ3) is 7.26. The number of fused-ring (bicyclic) bond motifs is 3. The molecular weight excluding hydrogens is 821 g/mol. The van der Waals surface area contributed by atoms with Gasteiger partial charge in [0.05, 0.1) is 23.5 Å². The van der Waals surface area contributed by atoms with E-state index < -0.39 is 11.1 Å². The van der Waals surface area contributed by atoms with Crippen molar-refractivity contribution in [2.45, 2.75) is 43.7 Å². The molecule has 0 bridgehead atoms. The largest absolute Gasteiger partial charge is 0.353 e. The monoisotopic (exact) mass is 866 g/mol. The molecular formula is C43H46N16O5+2. The zero-order chi connectivity index (χ0) is 43.6. The lowest BCUT2D eigenvalue weighted by molar-refractivity contribution is -0.516. The molecule has 21 heteroatoms. The van der Waals surface area contributed by atoms with Crippen molar-refractivity contribution < 1.29 is 32.6 Å². The standard InChI is InChI=1S/C43H44N16O5/c1-29-2-4-30(5-3-29)46-36(60)23-56-25-42(48-40(56)62)8-14-52(15-9-42)38-34-21-58(27-54(34)18-12-44-38)59-22-35-39(45-13-19-55(35)28-59)53-16-10-43(11-17-53)26-57(41(63)49-43)24-37(61)47-31-6-7-32-33(20-31)51-64-50-32/h2-7,12-13,18-22,27-28H,8-11,14-17,23-26H2,1H3,(H2-2,46,47,48,49,51,60,61,62,63)/p+2. The lowest BCUT2D eigenvalue weighted by Crippen LogP contribution is -2.53. The van der Waals surface area contributed by atoms with Gasteiger partial charge < -0.3 is 40.9 Å². The summed E-state index contributed by atoms with van der Waals surface area (Å²) in [6, 6.07) is 12.2. The van der Waals surface area contributed by atoms with Gasteiger partial charge in [-0.2, -0.15) is 8.80 Å². The fourth-order valence-electron chi connectivity index (χ4n) is 9.56. The van der Waals surface area contributed by atoms with E-state index >= 15 is 0 Å². The molecule has 2 aromatic carbocycles. The minimum atomic E-state index is -0.444. The van der Waals surface area contributed by atoms with E-state index in [2.05, 4.69) is 52.0 Å². The van der Waals surface area contributed by atoms with E-state index in [9.17, 15) is 19.2 Å². The predicted octanol–water partition coefficient (Wildman–Crippen LogP) is 1.72. The van der Waals surface area contributed by atoms with Crippen molar-refractivity contribution in [3.63, 3.8) is 0 Å². The van der Waals surface area contributed by atoms with E-state index in [1.165, 1.54) is 0 Å². The van der Waals surface area contributed by atoms with Crippen LogP contribution in [0.15, 0.2) is 96.9 Å². The van der Waals surface area contributed by atoms with Crippen LogP contribution < -0.4 is 39.9 Å². The number of anilines is 4. The maximum absolute atomic E-state index is 13.1. The number of carbonyl (C=O) groups is 4. The Morgan fingerprint density at radius 2 is 1.17 bits per heavy atom. The summed E-state index contributed by atoms with van der Waals surface area (Å²) in [6.45, 7) is 5.53. The number of benzene rings is 2. The fraction of sp³-hybridized carbons (Fsp3) is 0.349. The highest BCUT2D eigenvalue weighted by Gasteiger charge is 2.47. The van der Waals surface area contributed by atoms with E-state index in [0.29, 0.717) is 74.5 Å². The number of urea groups is 2. The van der Waals surface area contributed by atoms with Gasteiger partial charge in [-0.3, -0.25) is 9.59 Å². The first-order valence-electron chi connectivity index (χ1n) is 21.4. The Hall–Kier alpha value is -7.84. The summed E-state index contributed by atoms with van der Waals surface area (Å²) in [6.07, 6.45) is 18.4. The van der Waals surface area contributed by atoms with Crippen molar-refractivity contribution in [1.82, 2.24) is 50.1 Å². The molecule has 4 fully saturated rings. The molecule has 326 valence electrons. The van der Waals surface area contributed by atoms with Crippen LogP contribution in [0.1, 0.15) is 31.2 Å². The second kappa shape index (κ2) is 15.2. The molecule has 0 radical (unpaired) electrons. The molecule has 0 atom stereocenters. The topological polar surface area (TPSA) is 212 Å². The predicted molar refractivity (Wildman–Crippen MR) is 230 cm³/mol. The minimum absolute atomic E-state index is 0.00897. The van der Waals surface area contributed by atoms with Crippen molar-refractivity contribution in [3.05, 3.63) is 97.9 Å². The van der Waals surface area contributed by atoms with E-state index in [-0.39, 0.29) is 37.0 Å². The van der Waals surface area contributed by atoms with Crippen molar-refractivity contribution >= 4 is 69.0 Å². The molecule has 5 aromatic heterocycles. The number of nitrogens with one attached hydrogen (secondary N) is 4. The normalized spacial score (nSPS) is 18.1. The van der Waals surface area contributed by atoms with Gasteiger partial charge in [0.15, 0.2) is 24.0 Å². The van der Waals surface area contributed by atoms with Crippen LogP contribution in [0.25, 0.3) is 22.1 Å². The smallest absolute Gasteiger partial charge is 0.318 e. The van der Waals surface area contributed by atoms with Gasteiger partial charge >= 0.3 is 12.1 Å². The van der Waals surface area contributed by atoms with Crippen LogP contribution in [-0.2, 0) is 9.59 Å². The number of hydrogen-bond donors (Lipinski definition) is 4. The Kier molecular flexibility index (Phi) is 9.27. The molecule has 4 aliphatic rings. The highest BCUT2D eigenvalue weighted by Crippen LogP contribution is 2.33. The molecule has 21 nitrogen and oxygen atoms in total. The maximum atomic E-state index is 13.1. The van der Waals surface area contributed by atoms with Gasteiger partial charge in [0.25, 0.3) is 12.7 Å². The van der Waals surface area contributed by atoms with Crippen molar-refractivity contribution in [2.24, 2.45) is 0 Å². The first kappa shape index (κ1) is 39.0. The van der Waals surface area contributed by atoms with Crippen LogP contribution in [0.4, 0.5) is 32.6 Å². The number of imidazole rings is 2. The molecule has 2 spiro atoms. The Labute approximate surface area is 365 Å². The van der Waals surface area contributed by atoms with Crippen molar-refractivity contribution in [1.29, 1.82) is 0 Å². The van der Waals surface area contributed by atoms with Gasteiger partial charge in [-0.15, -0.1) is 0 Å². The average molecular weight is 867 g/mol. The minimum Gasteiger partial charge on any atom is -0.353 e. The van der Waals surface area contributed by atoms with Crippen molar-refractivity contribution in [3.8, 4) is 0 Å². The SMILES string of the molecule is Cc1ccc(NC(=O)CN2CC3(CCN(c4ncc[n+]5cn(-n6cc7c(N8CCC9(CC8)CN(CC(=O)Nc8ccc%10nonc%10c8)C(=O)N9)ncc[n+]7c6)cc45)CC3)NC2=O)cc1. The number of hydrogen-bond acceptors (Lipinski definition) is 11. The second-order valence-corrected chi connectivity index (χ2v) is 17.4. The lowest BCUT2D eigenvalue weighted by atomic mass is 9.88. The molecule has 7 aromatic rings. The second-order valence-electron chi connectivity index (χ2n) is 17.4. The Morgan fingerprint density at radius 1 is 0.688 bits per heavy atom. The number of rotatable bonds is 9. The molecule has 9 heterocycles. The van der Waals surface area contributed by atoms with Crippen LogP contribution in [-0.4, -0.2) is 127 Å². The molecule has 4 saturated heterocycles. The zero-order valence-electron chi connectivity index (χ0n) is 35.1. The van der Waals surface area contributed by atoms with Gasteiger partial charge in [-0.05, 0) is 73.3 Å². The van der Waals surface area contributed by atoms with Gasteiger partial charge in [0, 0.05) is 50.6 Å². The fourth-order valence-corrected chi connectivity index (χ4v) is 9.56. The number of amides is 6. The lowest BCUT2D eigenvalue weighted by Gasteiger charge is -2.39. The van der Waals surface area contributed by atoms with Crippen LogP contribution in [0.2, 0.25) is 0 Å². The van der Waals surface area contributed by atoms with E-state index in [4.69, 9.17) is 14.6 Å². The molecule has 4 aliphatic heterocycles. The molecule has 6 amide bonds. The van der Waals surface area contributed by atoms with Crippen LogP contribution in [0, 0.1) is 6.92 Å². The van der Waals surface area contributed by atoms with Gasteiger partial charge in [0.2, 0.25) is 22.8 Å². The number of aryl methyl sites for hydroxylation is 1. The molecule has 0 saturated carbocycles. The van der Waals surface area contributed by atoms with Crippen LogP contribution in [0.3, 0.4) is 0 Å². The Balaban J connectivity index is 0.726. The van der Waals surface area contributed by atoms with Crippen molar-refractivity contribution in [2.75, 3.05) is 72.8 Å². The third-order valence-corrected chi connectivity index (χ3v) is 13.0. The quantitative estimate of drug-likeness (QED) is 0.154. The highest BCUT2D eigenvalue weighted by molar-refractivity contribution is 5.96. The van der Waals surface area contributed by atoms with Gasteiger partial charge in [-0.25, -0.2) is 24.2 Å². The summed E-state index contributed by atoms with van der Waals surface area (Å²) < 4.78 is 12.9. The number of nitrogens with zero attached hydrogens (tertiary/aromatic N) is 12. The Morgan fingerprint density at radius 3 is 1.70 bits per heavy atom. The van der Waals surface area contributed by atoms with E-state index in [0.717, 1.165) is 41.1 Å².